The molecule has 0 aromatic rings. The molecule has 2 heterocycles. The summed E-state index contributed by atoms with van der Waals surface area (Å²) in [5.41, 5.74) is 0. The SMILES string of the molecule is OC[C@H]1OC(O)[C@H](O)[C@@H](O)[C@H]1[C@H](O)C1NC[C@H](O)[C@@H]1O. The standard InChI is InChI=1S/C11H21NO8/c13-2-4-5(9(17)10(18)11(19)20-4)8(16)6-7(15)3(14)1-12-6/h3-19H,1-2H2/t3-,4+,5+,6?,7-,8-,9-,10+,11?/m0/s1. The highest BCUT2D eigenvalue weighted by Gasteiger charge is 2.51. The molecule has 2 rings (SSSR count). The summed E-state index contributed by atoms with van der Waals surface area (Å²) in [5.74, 6) is -1.13. The molecule has 0 amide bonds. The lowest BCUT2D eigenvalue weighted by Gasteiger charge is -2.44. The summed E-state index contributed by atoms with van der Waals surface area (Å²) in [7, 11) is 0. The van der Waals surface area contributed by atoms with Crippen LogP contribution in [-0.2, 0) is 4.74 Å². The number of rotatable bonds is 3. The summed E-state index contributed by atoms with van der Waals surface area (Å²) in [5, 5.41) is 70.3. The van der Waals surface area contributed by atoms with Crippen LogP contribution in [0.1, 0.15) is 0 Å². The van der Waals surface area contributed by atoms with E-state index in [9.17, 15) is 35.7 Å². The first-order valence-electron chi connectivity index (χ1n) is 6.46. The summed E-state index contributed by atoms with van der Waals surface area (Å²) >= 11 is 0. The van der Waals surface area contributed by atoms with Crippen molar-refractivity contribution in [3.8, 4) is 0 Å². The van der Waals surface area contributed by atoms with E-state index in [1.54, 1.807) is 0 Å². The molecule has 0 spiro atoms. The summed E-state index contributed by atoms with van der Waals surface area (Å²) in [6, 6.07) is -0.940. The van der Waals surface area contributed by atoms with Crippen LogP contribution < -0.4 is 5.32 Å². The van der Waals surface area contributed by atoms with Gasteiger partial charge in [0.1, 0.15) is 6.10 Å². The number of aliphatic hydroxyl groups is 7. The molecular formula is C11H21NO8. The third-order valence-electron chi connectivity index (χ3n) is 4.05. The minimum absolute atomic E-state index is 0.0710. The fourth-order valence-corrected chi connectivity index (χ4v) is 2.85. The topological polar surface area (TPSA) is 163 Å². The molecule has 9 heteroatoms. The van der Waals surface area contributed by atoms with E-state index < -0.39 is 61.5 Å². The maximum Gasteiger partial charge on any atom is 0.183 e. The van der Waals surface area contributed by atoms with Crippen LogP contribution in [0.4, 0.5) is 0 Å². The number of nitrogens with one attached hydrogen (secondary N) is 1. The molecule has 9 atom stereocenters. The molecule has 0 radical (unpaired) electrons. The van der Waals surface area contributed by atoms with Crippen molar-refractivity contribution < 1.29 is 40.5 Å². The fraction of sp³-hybridized carbons (Fsp3) is 1.00. The Labute approximate surface area is 115 Å². The second-order valence-corrected chi connectivity index (χ2v) is 5.29. The van der Waals surface area contributed by atoms with Crippen LogP contribution in [0.15, 0.2) is 0 Å². The molecule has 0 aromatic heterocycles. The highest BCUT2D eigenvalue weighted by Crippen LogP contribution is 2.31. The maximum absolute atomic E-state index is 10.3. The molecule has 20 heavy (non-hydrogen) atoms. The number of ether oxygens (including phenoxy) is 1. The van der Waals surface area contributed by atoms with Gasteiger partial charge in [-0.15, -0.1) is 0 Å². The average molecular weight is 295 g/mol. The van der Waals surface area contributed by atoms with Crippen LogP contribution in [0.2, 0.25) is 0 Å². The average Bonchev–Trinajstić information content (AvgIpc) is 2.75. The Bertz CT molecular complexity index is 330. The normalized spacial score (nSPS) is 51.1. The molecule has 2 saturated heterocycles. The number of hydrogen-bond acceptors (Lipinski definition) is 9. The van der Waals surface area contributed by atoms with Crippen molar-refractivity contribution in [1.29, 1.82) is 0 Å². The second-order valence-electron chi connectivity index (χ2n) is 5.29. The molecule has 2 aliphatic heterocycles. The van der Waals surface area contributed by atoms with Crippen molar-refractivity contribution in [2.45, 2.75) is 49.0 Å². The van der Waals surface area contributed by atoms with Gasteiger partial charge in [0.15, 0.2) is 6.29 Å². The van der Waals surface area contributed by atoms with Gasteiger partial charge in [-0.05, 0) is 0 Å². The first-order valence-corrected chi connectivity index (χ1v) is 6.46. The van der Waals surface area contributed by atoms with Gasteiger partial charge in [-0.25, -0.2) is 0 Å². The molecule has 0 aromatic carbocycles. The van der Waals surface area contributed by atoms with Crippen LogP contribution in [0.25, 0.3) is 0 Å². The lowest BCUT2D eigenvalue weighted by Crippen LogP contribution is -2.62. The van der Waals surface area contributed by atoms with Gasteiger partial charge in [0.2, 0.25) is 0 Å². The van der Waals surface area contributed by atoms with Gasteiger partial charge >= 0.3 is 0 Å². The molecule has 9 nitrogen and oxygen atoms in total. The lowest BCUT2D eigenvalue weighted by molar-refractivity contribution is -0.287. The number of hydrogen-bond donors (Lipinski definition) is 8. The van der Waals surface area contributed by atoms with Gasteiger partial charge in [-0.2, -0.15) is 0 Å². The Morgan fingerprint density at radius 3 is 2.20 bits per heavy atom. The smallest absolute Gasteiger partial charge is 0.183 e. The second kappa shape index (κ2) is 6.18. The molecule has 2 unspecified atom stereocenters. The summed E-state index contributed by atoms with van der Waals surface area (Å²) < 4.78 is 4.94. The third kappa shape index (κ3) is 2.69. The molecule has 118 valence electrons. The lowest BCUT2D eigenvalue weighted by atomic mass is 9.81. The van der Waals surface area contributed by atoms with Crippen LogP contribution in [-0.4, -0.2) is 97.9 Å². The minimum atomic E-state index is -1.67. The molecule has 0 saturated carbocycles. The van der Waals surface area contributed by atoms with E-state index in [0.29, 0.717) is 0 Å². The van der Waals surface area contributed by atoms with Gasteiger partial charge in [-0.1, -0.05) is 0 Å². The van der Waals surface area contributed by atoms with E-state index in [1.807, 2.05) is 0 Å². The van der Waals surface area contributed by atoms with E-state index in [4.69, 9.17) is 4.74 Å². The molecule has 2 fully saturated rings. The first-order chi connectivity index (χ1) is 9.38. The zero-order valence-electron chi connectivity index (χ0n) is 10.6. The predicted molar refractivity (Wildman–Crippen MR) is 63.3 cm³/mol. The van der Waals surface area contributed by atoms with Gasteiger partial charge in [0, 0.05) is 12.5 Å². The van der Waals surface area contributed by atoms with Crippen LogP contribution >= 0.6 is 0 Å². The zero-order chi connectivity index (χ0) is 15.0. The van der Waals surface area contributed by atoms with Crippen LogP contribution in [0, 0.1) is 5.92 Å². The Kier molecular flexibility index (Phi) is 4.95. The Hall–Kier alpha value is -0.360. The van der Waals surface area contributed by atoms with E-state index in [0.717, 1.165) is 0 Å². The first kappa shape index (κ1) is 16.0. The maximum atomic E-state index is 10.3. The molecule has 8 N–H and O–H groups in total. The van der Waals surface area contributed by atoms with E-state index in [2.05, 4.69) is 5.32 Å². The highest BCUT2D eigenvalue weighted by molar-refractivity contribution is 5.02. The minimum Gasteiger partial charge on any atom is -0.394 e. The molecule has 0 bridgehead atoms. The monoisotopic (exact) mass is 295 g/mol. The van der Waals surface area contributed by atoms with Crippen molar-refractivity contribution in [2.24, 2.45) is 5.92 Å². The summed E-state index contributed by atoms with van der Waals surface area (Å²) in [4.78, 5) is 0. The van der Waals surface area contributed by atoms with Crippen molar-refractivity contribution in [2.75, 3.05) is 13.2 Å². The van der Waals surface area contributed by atoms with Crippen molar-refractivity contribution in [3.63, 3.8) is 0 Å². The fourth-order valence-electron chi connectivity index (χ4n) is 2.85. The number of aliphatic hydroxyl groups excluding tert-OH is 7. The van der Waals surface area contributed by atoms with Crippen LogP contribution in [0.5, 0.6) is 0 Å². The number of β-amino-alcohol motifs (C(OH)–C–C–N with tert-alkyl or cyclic N) is 1. The third-order valence-corrected chi connectivity index (χ3v) is 4.05. The quantitative estimate of drug-likeness (QED) is 0.255. The van der Waals surface area contributed by atoms with E-state index in [1.165, 1.54) is 0 Å². The Morgan fingerprint density at radius 2 is 1.70 bits per heavy atom. The Balaban J connectivity index is 2.15. The van der Waals surface area contributed by atoms with Crippen molar-refractivity contribution >= 4 is 0 Å². The summed E-state index contributed by atoms with van der Waals surface area (Å²) in [6.07, 6.45) is -9.65. The van der Waals surface area contributed by atoms with Gasteiger partial charge < -0.3 is 45.8 Å². The predicted octanol–water partition coefficient (Wildman–Crippen LogP) is -4.91. The van der Waals surface area contributed by atoms with E-state index in [-0.39, 0.29) is 6.54 Å². The van der Waals surface area contributed by atoms with Crippen molar-refractivity contribution in [3.05, 3.63) is 0 Å². The zero-order valence-corrected chi connectivity index (χ0v) is 10.6. The van der Waals surface area contributed by atoms with E-state index >= 15 is 0 Å². The summed E-state index contributed by atoms with van der Waals surface area (Å²) in [6.45, 7) is -0.518. The molecular weight excluding hydrogens is 274 g/mol. The van der Waals surface area contributed by atoms with Crippen molar-refractivity contribution in [1.82, 2.24) is 5.32 Å². The largest absolute Gasteiger partial charge is 0.394 e. The van der Waals surface area contributed by atoms with Gasteiger partial charge in [0.05, 0.1) is 43.2 Å². The highest BCUT2D eigenvalue weighted by atomic mass is 16.6. The Morgan fingerprint density at radius 1 is 1.05 bits per heavy atom. The molecule has 0 aliphatic carbocycles. The van der Waals surface area contributed by atoms with Crippen LogP contribution in [0.3, 0.4) is 0 Å². The van der Waals surface area contributed by atoms with Gasteiger partial charge in [-0.3, -0.25) is 0 Å². The molecule has 2 aliphatic rings. The van der Waals surface area contributed by atoms with Gasteiger partial charge in [0.25, 0.3) is 0 Å².